The second-order valence-corrected chi connectivity index (χ2v) is 8.49. The van der Waals surface area contributed by atoms with Crippen molar-refractivity contribution in [3.63, 3.8) is 0 Å². The highest BCUT2D eigenvalue weighted by molar-refractivity contribution is 7.88. The van der Waals surface area contributed by atoms with Crippen molar-refractivity contribution in [3.05, 3.63) is 40.9 Å². The van der Waals surface area contributed by atoms with Gasteiger partial charge in [0.2, 0.25) is 10.0 Å². The Balaban J connectivity index is 0.00000169. The van der Waals surface area contributed by atoms with Crippen LogP contribution in [0.15, 0.2) is 23.6 Å². The highest BCUT2D eigenvalue weighted by Gasteiger charge is 2.29. The molecule has 146 valence electrons. The predicted molar refractivity (Wildman–Crippen MR) is 104 cm³/mol. The molecule has 0 spiro atoms. The van der Waals surface area contributed by atoms with Gasteiger partial charge in [-0.15, -0.1) is 36.2 Å². The van der Waals surface area contributed by atoms with Crippen LogP contribution in [0.1, 0.15) is 12.1 Å². The molecule has 1 aromatic heterocycles. The molecular weight excluding hydrogens is 427 g/mol. The largest absolute Gasteiger partial charge is 0.312 e. The molecule has 2 unspecified atom stereocenters. The van der Waals surface area contributed by atoms with Crippen LogP contribution in [0, 0.1) is 11.6 Å². The molecule has 1 aliphatic rings. The lowest BCUT2D eigenvalue weighted by molar-refractivity contribution is 0.491. The lowest BCUT2D eigenvalue weighted by Crippen LogP contribution is -2.44. The zero-order chi connectivity index (χ0) is 17.3. The van der Waals surface area contributed by atoms with Crippen molar-refractivity contribution >= 4 is 46.2 Å². The Morgan fingerprint density at radius 2 is 1.92 bits per heavy atom. The minimum atomic E-state index is -3.27. The fourth-order valence-electron chi connectivity index (χ4n) is 2.83. The topological polar surface area (TPSA) is 71.1 Å². The number of thiazole rings is 1. The highest BCUT2D eigenvalue weighted by Crippen LogP contribution is 2.26. The Morgan fingerprint density at radius 3 is 2.54 bits per heavy atom. The van der Waals surface area contributed by atoms with E-state index in [4.69, 9.17) is 0 Å². The fraction of sp³-hybridized carbons (Fsp3) is 0.400. The van der Waals surface area contributed by atoms with Crippen LogP contribution in [0.4, 0.5) is 8.78 Å². The number of halogens is 4. The quantitative estimate of drug-likeness (QED) is 0.741. The molecule has 3 rings (SSSR count). The molecule has 1 aliphatic heterocycles. The third kappa shape index (κ3) is 6.11. The number of rotatable bonds is 5. The molecule has 0 bridgehead atoms. The van der Waals surface area contributed by atoms with E-state index < -0.39 is 21.7 Å². The van der Waals surface area contributed by atoms with Gasteiger partial charge in [-0.05, 0) is 25.1 Å². The van der Waals surface area contributed by atoms with E-state index in [9.17, 15) is 17.2 Å². The lowest BCUT2D eigenvalue weighted by Gasteiger charge is -2.18. The SMILES string of the molecule is CS(=O)(=O)NC1CCNC1Cc1csc(-c2cc(F)cc(F)c2)n1.Cl.Cl. The minimum absolute atomic E-state index is 0. The first-order chi connectivity index (χ1) is 11.3. The molecule has 0 radical (unpaired) electrons. The number of sulfonamides is 1. The summed E-state index contributed by atoms with van der Waals surface area (Å²) in [5.74, 6) is -1.28. The van der Waals surface area contributed by atoms with E-state index in [0.29, 0.717) is 23.4 Å². The summed E-state index contributed by atoms with van der Waals surface area (Å²) in [4.78, 5) is 4.43. The predicted octanol–water partition coefficient (Wildman–Crippen LogP) is 2.75. The van der Waals surface area contributed by atoms with Crippen LogP contribution in [0.5, 0.6) is 0 Å². The molecule has 2 N–H and O–H groups in total. The normalized spacial score (nSPS) is 19.7. The van der Waals surface area contributed by atoms with E-state index in [-0.39, 0.29) is 36.9 Å². The van der Waals surface area contributed by atoms with Gasteiger partial charge in [0.05, 0.1) is 11.9 Å². The Hall–Kier alpha value is -0.840. The van der Waals surface area contributed by atoms with E-state index in [0.717, 1.165) is 24.6 Å². The van der Waals surface area contributed by atoms with Crippen molar-refractivity contribution in [1.29, 1.82) is 0 Å². The van der Waals surface area contributed by atoms with Crippen LogP contribution in [0.3, 0.4) is 0 Å². The van der Waals surface area contributed by atoms with Crippen molar-refractivity contribution in [3.8, 4) is 10.6 Å². The zero-order valence-electron chi connectivity index (χ0n) is 13.7. The summed E-state index contributed by atoms with van der Waals surface area (Å²) in [5, 5.41) is 5.63. The van der Waals surface area contributed by atoms with Gasteiger partial charge < -0.3 is 5.32 Å². The Labute approximate surface area is 167 Å². The molecule has 2 atom stereocenters. The average molecular weight is 446 g/mol. The second kappa shape index (κ2) is 9.38. The molecule has 1 aromatic carbocycles. The minimum Gasteiger partial charge on any atom is -0.312 e. The van der Waals surface area contributed by atoms with Crippen LogP contribution in [-0.2, 0) is 16.4 Å². The number of nitrogens with one attached hydrogen (secondary N) is 2. The maximum atomic E-state index is 13.3. The number of benzene rings is 1. The molecule has 1 fully saturated rings. The summed E-state index contributed by atoms with van der Waals surface area (Å²) >= 11 is 1.31. The van der Waals surface area contributed by atoms with Crippen LogP contribution >= 0.6 is 36.2 Å². The van der Waals surface area contributed by atoms with Crippen molar-refractivity contribution in [2.24, 2.45) is 0 Å². The first-order valence-electron chi connectivity index (χ1n) is 7.42. The van der Waals surface area contributed by atoms with Gasteiger partial charge in [-0.1, -0.05) is 0 Å². The van der Waals surface area contributed by atoms with E-state index in [1.54, 1.807) is 0 Å². The van der Waals surface area contributed by atoms with Gasteiger partial charge in [0.15, 0.2) is 0 Å². The van der Waals surface area contributed by atoms with Gasteiger partial charge in [0, 0.05) is 35.5 Å². The maximum absolute atomic E-state index is 13.3. The van der Waals surface area contributed by atoms with Crippen LogP contribution in [0.2, 0.25) is 0 Å². The summed E-state index contributed by atoms with van der Waals surface area (Å²) in [6.07, 6.45) is 2.40. The second-order valence-electron chi connectivity index (χ2n) is 5.85. The number of nitrogens with zero attached hydrogens (tertiary/aromatic N) is 1. The molecular formula is C15H19Cl2F2N3O2S2. The molecule has 0 amide bonds. The summed E-state index contributed by atoms with van der Waals surface area (Å²) in [6, 6.07) is 3.07. The van der Waals surface area contributed by atoms with Crippen molar-refractivity contribution in [2.45, 2.75) is 24.9 Å². The number of aromatic nitrogens is 1. The molecule has 5 nitrogen and oxygen atoms in total. The molecule has 0 saturated carbocycles. The molecule has 2 aromatic rings. The van der Waals surface area contributed by atoms with Gasteiger partial charge in [-0.3, -0.25) is 0 Å². The summed E-state index contributed by atoms with van der Waals surface area (Å²) < 4.78 is 52.1. The Morgan fingerprint density at radius 1 is 1.27 bits per heavy atom. The van der Waals surface area contributed by atoms with Gasteiger partial charge in [0.25, 0.3) is 0 Å². The van der Waals surface area contributed by atoms with E-state index >= 15 is 0 Å². The fourth-order valence-corrected chi connectivity index (χ4v) is 4.49. The first-order valence-corrected chi connectivity index (χ1v) is 10.2. The van der Waals surface area contributed by atoms with Crippen molar-refractivity contribution in [1.82, 2.24) is 15.0 Å². The Bertz CT molecular complexity index is 829. The molecule has 2 heterocycles. The average Bonchev–Trinajstić information content (AvgIpc) is 3.07. The highest BCUT2D eigenvalue weighted by atomic mass is 35.5. The van der Waals surface area contributed by atoms with Gasteiger partial charge in [0.1, 0.15) is 16.6 Å². The third-order valence-electron chi connectivity index (χ3n) is 3.80. The summed E-state index contributed by atoms with van der Waals surface area (Å²) in [7, 11) is -3.27. The van der Waals surface area contributed by atoms with Crippen molar-refractivity contribution < 1.29 is 17.2 Å². The molecule has 1 saturated heterocycles. The lowest BCUT2D eigenvalue weighted by atomic mass is 10.1. The van der Waals surface area contributed by atoms with Crippen LogP contribution in [-0.4, -0.2) is 38.3 Å². The van der Waals surface area contributed by atoms with E-state index in [1.165, 1.54) is 23.5 Å². The van der Waals surface area contributed by atoms with Gasteiger partial charge in [-0.25, -0.2) is 26.9 Å². The number of hydrogen-bond acceptors (Lipinski definition) is 5. The van der Waals surface area contributed by atoms with Crippen molar-refractivity contribution in [2.75, 3.05) is 12.8 Å². The molecule has 11 heteroatoms. The molecule has 26 heavy (non-hydrogen) atoms. The Kier molecular flexibility index (Phi) is 8.37. The van der Waals surface area contributed by atoms with Crippen LogP contribution in [0.25, 0.3) is 10.6 Å². The van der Waals surface area contributed by atoms with Gasteiger partial charge >= 0.3 is 0 Å². The van der Waals surface area contributed by atoms with E-state index in [2.05, 4.69) is 15.0 Å². The number of hydrogen-bond donors (Lipinski definition) is 2. The standard InChI is InChI=1S/C15H17F2N3O2S2.2ClH/c1-24(21,22)20-13-2-3-18-14(13)7-12-8-23-15(19-12)9-4-10(16)6-11(17)5-9;;/h4-6,8,13-14,18,20H,2-3,7H2,1H3;2*1H. The monoisotopic (exact) mass is 445 g/mol. The summed E-state index contributed by atoms with van der Waals surface area (Å²) in [6.45, 7) is 0.726. The smallest absolute Gasteiger partial charge is 0.209 e. The van der Waals surface area contributed by atoms with Crippen LogP contribution < -0.4 is 10.0 Å². The zero-order valence-corrected chi connectivity index (χ0v) is 17.0. The summed E-state index contributed by atoms with van der Waals surface area (Å²) in [5.41, 5.74) is 1.16. The van der Waals surface area contributed by atoms with Gasteiger partial charge in [-0.2, -0.15) is 0 Å². The first kappa shape index (κ1) is 23.2. The van der Waals surface area contributed by atoms with E-state index in [1.807, 2.05) is 5.38 Å². The molecule has 0 aliphatic carbocycles. The maximum Gasteiger partial charge on any atom is 0.209 e. The third-order valence-corrected chi connectivity index (χ3v) is 5.47.